The van der Waals surface area contributed by atoms with E-state index >= 15 is 0 Å². The number of rotatable bonds is 3. The number of carbonyl (C=O) groups is 1. The van der Waals surface area contributed by atoms with E-state index in [1.807, 2.05) is 31.6 Å². The Hall–Kier alpha value is -2.10. The molecule has 18 heavy (non-hydrogen) atoms. The van der Waals surface area contributed by atoms with Crippen LogP contribution in [-0.4, -0.2) is 20.9 Å². The van der Waals surface area contributed by atoms with Crippen LogP contribution < -0.4 is 0 Å². The van der Waals surface area contributed by atoms with E-state index in [0.29, 0.717) is 12.0 Å². The lowest BCUT2D eigenvalue weighted by Gasteiger charge is -2.04. The van der Waals surface area contributed by atoms with Crippen molar-refractivity contribution >= 4 is 5.97 Å². The van der Waals surface area contributed by atoms with Gasteiger partial charge in [-0.15, -0.1) is 0 Å². The van der Waals surface area contributed by atoms with Crippen molar-refractivity contribution in [3.63, 3.8) is 0 Å². The molecule has 0 saturated heterocycles. The summed E-state index contributed by atoms with van der Waals surface area (Å²) in [5.74, 6) is -0.892. The molecule has 0 spiro atoms. The summed E-state index contributed by atoms with van der Waals surface area (Å²) in [4.78, 5) is 10.9. The van der Waals surface area contributed by atoms with Gasteiger partial charge in [0.05, 0.1) is 11.3 Å². The average Bonchev–Trinajstić information content (AvgIpc) is 2.56. The van der Waals surface area contributed by atoms with E-state index in [4.69, 9.17) is 5.11 Å². The zero-order valence-electron chi connectivity index (χ0n) is 10.8. The minimum atomic E-state index is -0.892. The van der Waals surface area contributed by atoms with Crippen LogP contribution in [0.5, 0.6) is 0 Å². The van der Waals surface area contributed by atoms with Crippen molar-refractivity contribution in [1.82, 2.24) is 9.78 Å². The van der Waals surface area contributed by atoms with Crippen LogP contribution in [0.1, 0.15) is 32.9 Å². The number of aromatic nitrogens is 2. The summed E-state index contributed by atoms with van der Waals surface area (Å²) in [7, 11) is 1.92. The van der Waals surface area contributed by atoms with E-state index < -0.39 is 5.97 Å². The Morgan fingerprint density at radius 3 is 2.67 bits per heavy atom. The van der Waals surface area contributed by atoms with E-state index in [0.717, 1.165) is 17.0 Å². The van der Waals surface area contributed by atoms with Gasteiger partial charge in [0.25, 0.3) is 0 Å². The minimum absolute atomic E-state index is 0.326. The molecule has 2 aromatic rings. The van der Waals surface area contributed by atoms with E-state index in [9.17, 15) is 4.79 Å². The van der Waals surface area contributed by atoms with Gasteiger partial charge in [0.2, 0.25) is 0 Å². The molecule has 0 atom stereocenters. The highest BCUT2D eigenvalue weighted by Gasteiger charge is 2.11. The van der Waals surface area contributed by atoms with Crippen molar-refractivity contribution in [3.05, 3.63) is 52.3 Å². The smallest absolute Gasteiger partial charge is 0.335 e. The standard InChI is InChI=1S/C14H16N2O2/c1-9-13(10(2)16(3)15-9)8-11-5-4-6-12(7-11)14(17)18/h4-7H,8H2,1-3H3,(H,17,18). The van der Waals surface area contributed by atoms with Gasteiger partial charge in [0.15, 0.2) is 0 Å². The van der Waals surface area contributed by atoms with Crippen molar-refractivity contribution < 1.29 is 9.90 Å². The van der Waals surface area contributed by atoms with Crippen molar-refractivity contribution in [2.24, 2.45) is 7.05 Å². The first kappa shape index (κ1) is 12.4. The van der Waals surface area contributed by atoms with Crippen LogP contribution in [-0.2, 0) is 13.5 Å². The largest absolute Gasteiger partial charge is 0.478 e. The first-order chi connectivity index (χ1) is 8.49. The van der Waals surface area contributed by atoms with Gasteiger partial charge >= 0.3 is 5.97 Å². The van der Waals surface area contributed by atoms with Crippen LogP contribution in [0.15, 0.2) is 24.3 Å². The van der Waals surface area contributed by atoms with Crippen LogP contribution >= 0.6 is 0 Å². The fourth-order valence-electron chi connectivity index (χ4n) is 2.09. The first-order valence-electron chi connectivity index (χ1n) is 5.80. The summed E-state index contributed by atoms with van der Waals surface area (Å²) < 4.78 is 1.85. The number of benzene rings is 1. The molecular formula is C14H16N2O2. The average molecular weight is 244 g/mol. The number of hydrogen-bond donors (Lipinski definition) is 1. The summed E-state index contributed by atoms with van der Waals surface area (Å²) in [6.45, 7) is 4.00. The molecule has 0 bridgehead atoms. The fourth-order valence-corrected chi connectivity index (χ4v) is 2.09. The molecule has 1 aromatic carbocycles. The Morgan fingerprint density at radius 2 is 2.11 bits per heavy atom. The topological polar surface area (TPSA) is 55.1 Å². The third-order valence-electron chi connectivity index (χ3n) is 3.21. The Bertz CT molecular complexity index is 600. The van der Waals surface area contributed by atoms with Gasteiger partial charge in [-0.25, -0.2) is 4.79 Å². The molecule has 94 valence electrons. The van der Waals surface area contributed by atoms with Crippen LogP contribution in [0.4, 0.5) is 0 Å². The van der Waals surface area contributed by atoms with Crippen LogP contribution in [0, 0.1) is 13.8 Å². The second-order valence-electron chi connectivity index (χ2n) is 4.46. The zero-order chi connectivity index (χ0) is 13.3. The lowest BCUT2D eigenvalue weighted by atomic mass is 10.0. The molecule has 0 aliphatic rings. The van der Waals surface area contributed by atoms with Gasteiger partial charge in [-0.05, 0) is 31.5 Å². The second kappa shape index (κ2) is 4.64. The maximum absolute atomic E-state index is 10.9. The van der Waals surface area contributed by atoms with Crippen LogP contribution in [0.3, 0.4) is 0 Å². The lowest BCUT2D eigenvalue weighted by molar-refractivity contribution is 0.0697. The predicted octanol–water partition coefficient (Wildman–Crippen LogP) is 2.33. The van der Waals surface area contributed by atoms with Crippen LogP contribution in [0.2, 0.25) is 0 Å². The van der Waals surface area contributed by atoms with Crippen molar-refractivity contribution in [2.45, 2.75) is 20.3 Å². The fraction of sp³-hybridized carbons (Fsp3) is 0.286. The summed E-state index contributed by atoms with van der Waals surface area (Å²) in [5, 5.41) is 13.3. The van der Waals surface area contributed by atoms with Gasteiger partial charge in [0, 0.05) is 24.7 Å². The molecule has 4 heteroatoms. The number of nitrogens with zero attached hydrogens (tertiary/aromatic N) is 2. The predicted molar refractivity (Wildman–Crippen MR) is 68.9 cm³/mol. The maximum atomic E-state index is 10.9. The molecule has 1 heterocycles. The molecule has 0 aliphatic carbocycles. The van der Waals surface area contributed by atoms with E-state index in [1.54, 1.807) is 18.2 Å². The number of carboxylic acid groups (broad SMARTS) is 1. The maximum Gasteiger partial charge on any atom is 0.335 e. The number of carboxylic acids is 1. The number of hydrogen-bond acceptors (Lipinski definition) is 2. The molecular weight excluding hydrogens is 228 g/mol. The second-order valence-corrected chi connectivity index (χ2v) is 4.46. The molecule has 0 fully saturated rings. The molecule has 0 unspecified atom stereocenters. The zero-order valence-corrected chi connectivity index (χ0v) is 10.8. The third kappa shape index (κ3) is 2.27. The molecule has 0 radical (unpaired) electrons. The monoisotopic (exact) mass is 244 g/mol. The quantitative estimate of drug-likeness (QED) is 0.901. The molecule has 0 saturated carbocycles. The Labute approximate surface area is 106 Å². The van der Waals surface area contributed by atoms with Gasteiger partial charge in [-0.1, -0.05) is 12.1 Å². The summed E-state index contributed by atoms with van der Waals surface area (Å²) in [6, 6.07) is 7.04. The molecule has 2 rings (SSSR count). The van der Waals surface area contributed by atoms with Gasteiger partial charge in [-0.2, -0.15) is 5.10 Å². The summed E-state index contributed by atoms with van der Waals surface area (Å²) in [5.41, 5.74) is 4.60. The van der Waals surface area contributed by atoms with E-state index in [2.05, 4.69) is 5.10 Å². The summed E-state index contributed by atoms with van der Waals surface area (Å²) >= 11 is 0. The molecule has 0 aliphatic heterocycles. The molecule has 1 aromatic heterocycles. The van der Waals surface area contributed by atoms with Gasteiger partial charge < -0.3 is 5.11 Å². The Kier molecular flexibility index (Phi) is 3.19. The normalized spacial score (nSPS) is 10.6. The van der Waals surface area contributed by atoms with Crippen LogP contribution in [0.25, 0.3) is 0 Å². The van der Waals surface area contributed by atoms with Crippen molar-refractivity contribution in [1.29, 1.82) is 0 Å². The summed E-state index contributed by atoms with van der Waals surface area (Å²) in [6.07, 6.45) is 0.715. The SMILES string of the molecule is Cc1nn(C)c(C)c1Cc1cccc(C(=O)O)c1. The van der Waals surface area contributed by atoms with E-state index in [1.165, 1.54) is 5.56 Å². The highest BCUT2D eigenvalue weighted by atomic mass is 16.4. The van der Waals surface area contributed by atoms with Crippen molar-refractivity contribution in [2.75, 3.05) is 0 Å². The number of aryl methyl sites for hydroxylation is 2. The third-order valence-corrected chi connectivity index (χ3v) is 3.21. The van der Waals surface area contributed by atoms with E-state index in [-0.39, 0.29) is 0 Å². The number of aromatic carboxylic acids is 1. The minimum Gasteiger partial charge on any atom is -0.478 e. The Balaban J connectivity index is 2.34. The molecule has 0 amide bonds. The van der Waals surface area contributed by atoms with Crippen molar-refractivity contribution in [3.8, 4) is 0 Å². The Morgan fingerprint density at radius 1 is 1.39 bits per heavy atom. The molecule has 4 nitrogen and oxygen atoms in total. The van der Waals surface area contributed by atoms with Gasteiger partial charge in [0.1, 0.15) is 0 Å². The highest BCUT2D eigenvalue weighted by molar-refractivity contribution is 5.87. The molecule has 1 N–H and O–H groups in total. The van der Waals surface area contributed by atoms with Gasteiger partial charge in [-0.3, -0.25) is 4.68 Å². The first-order valence-corrected chi connectivity index (χ1v) is 5.80. The highest BCUT2D eigenvalue weighted by Crippen LogP contribution is 2.17. The lowest BCUT2D eigenvalue weighted by Crippen LogP contribution is -1.99.